The summed E-state index contributed by atoms with van der Waals surface area (Å²) in [5.74, 6) is 2.43. The van der Waals surface area contributed by atoms with Crippen LogP contribution in [0.5, 0.6) is 11.5 Å². The second-order valence-electron chi connectivity index (χ2n) is 4.34. The second kappa shape index (κ2) is 6.61. The number of methoxy groups -OCH3 is 2. The zero-order valence-corrected chi connectivity index (χ0v) is 13.3. The van der Waals surface area contributed by atoms with Gasteiger partial charge in [-0.2, -0.15) is 0 Å². The lowest BCUT2D eigenvalue weighted by Gasteiger charge is -2.14. The minimum Gasteiger partial charge on any atom is -0.497 e. The van der Waals surface area contributed by atoms with E-state index >= 15 is 0 Å². The van der Waals surface area contributed by atoms with Crippen LogP contribution in [0, 0.1) is 6.92 Å². The van der Waals surface area contributed by atoms with Crippen LogP contribution in [0.3, 0.4) is 0 Å². The monoisotopic (exact) mass is 336 g/mol. The summed E-state index contributed by atoms with van der Waals surface area (Å²) < 4.78 is 11.6. The molecule has 2 aromatic rings. The summed E-state index contributed by atoms with van der Waals surface area (Å²) in [5, 5.41) is 3.29. The molecule has 0 saturated heterocycles. The number of aryl methyl sites for hydroxylation is 1. The molecule has 1 heterocycles. The van der Waals surface area contributed by atoms with E-state index in [0.29, 0.717) is 6.54 Å². The molecule has 0 spiro atoms. The molecule has 0 aliphatic rings. The Bertz CT molecular complexity index is 585. The number of halogens is 1. The molecule has 20 heavy (non-hydrogen) atoms. The quantitative estimate of drug-likeness (QED) is 0.902. The van der Waals surface area contributed by atoms with Crippen LogP contribution in [0.4, 0.5) is 5.82 Å². The lowest BCUT2D eigenvalue weighted by Crippen LogP contribution is -2.05. The van der Waals surface area contributed by atoms with Gasteiger partial charge in [0.25, 0.3) is 0 Å². The van der Waals surface area contributed by atoms with E-state index < -0.39 is 0 Å². The predicted octanol–water partition coefficient (Wildman–Crippen LogP) is 3.78. The molecule has 1 aromatic carbocycles. The van der Waals surface area contributed by atoms with Crippen LogP contribution in [-0.2, 0) is 6.54 Å². The van der Waals surface area contributed by atoms with E-state index in [1.54, 1.807) is 20.4 Å². The summed E-state index contributed by atoms with van der Waals surface area (Å²) in [5.41, 5.74) is 2.21. The average molecular weight is 337 g/mol. The fourth-order valence-corrected chi connectivity index (χ4v) is 2.17. The zero-order valence-electron chi connectivity index (χ0n) is 11.7. The summed E-state index contributed by atoms with van der Waals surface area (Å²) in [4.78, 5) is 4.29. The highest BCUT2D eigenvalue weighted by atomic mass is 79.9. The van der Waals surface area contributed by atoms with Gasteiger partial charge in [0.2, 0.25) is 0 Å². The van der Waals surface area contributed by atoms with Crippen LogP contribution in [-0.4, -0.2) is 19.2 Å². The van der Waals surface area contributed by atoms with Gasteiger partial charge in [-0.1, -0.05) is 0 Å². The van der Waals surface area contributed by atoms with E-state index in [4.69, 9.17) is 9.47 Å². The molecule has 106 valence electrons. The van der Waals surface area contributed by atoms with Gasteiger partial charge < -0.3 is 14.8 Å². The van der Waals surface area contributed by atoms with Gasteiger partial charge in [0, 0.05) is 28.8 Å². The topological polar surface area (TPSA) is 43.4 Å². The van der Waals surface area contributed by atoms with Gasteiger partial charge in [-0.05, 0) is 46.6 Å². The first-order valence-electron chi connectivity index (χ1n) is 6.21. The molecule has 0 atom stereocenters. The van der Waals surface area contributed by atoms with Gasteiger partial charge in [0.05, 0.1) is 14.2 Å². The molecule has 1 N–H and O–H groups in total. The molecule has 4 nitrogen and oxygen atoms in total. The van der Waals surface area contributed by atoms with Crippen molar-refractivity contribution in [3.63, 3.8) is 0 Å². The number of anilines is 1. The smallest absolute Gasteiger partial charge is 0.127 e. The second-order valence-corrected chi connectivity index (χ2v) is 5.26. The number of hydrogen-bond acceptors (Lipinski definition) is 4. The maximum atomic E-state index is 5.43. The highest BCUT2D eigenvalue weighted by Gasteiger charge is 2.09. The lowest BCUT2D eigenvalue weighted by atomic mass is 10.1. The van der Waals surface area contributed by atoms with Crippen LogP contribution in [0.15, 0.2) is 34.9 Å². The standard InChI is InChI=1S/C15H17BrN2O2/c1-10-6-12(19-2)7-14(20-3)13(10)9-18-15-5-4-11(16)8-17-15/h4-8H,9H2,1-3H3,(H,17,18). The molecule has 1 aromatic heterocycles. The maximum absolute atomic E-state index is 5.43. The van der Waals surface area contributed by atoms with Crippen LogP contribution >= 0.6 is 15.9 Å². The Balaban J connectivity index is 2.18. The van der Waals surface area contributed by atoms with Crippen molar-refractivity contribution in [3.05, 3.63) is 46.1 Å². The Kier molecular flexibility index (Phi) is 4.84. The minimum absolute atomic E-state index is 0.646. The van der Waals surface area contributed by atoms with Crippen molar-refractivity contribution < 1.29 is 9.47 Å². The number of ether oxygens (including phenoxy) is 2. The van der Waals surface area contributed by atoms with Gasteiger partial charge in [-0.3, -0.25) is 0 Å². The van der Waals surface area contributed by atoms with E-state index in [1.165, 1.54) is 0 Å². The molecule has 0 saturated carbocycles. The fraction of sp³-hybridized carbons (Fsp3) is 0.267. The summed E-state index contributed by atoms with van der Waals surface area (Å²) in [6.07, 6.45) is 1.76. The number of pyridine rings is 1. The SMILES string of the molecule is COc1cc(C)c(CNc2ccc(Br)cn2)c(OC)c1. The van der Waals surface area contributed by atoms with Crippen LogP contribution < -0.4 is 14.8 Å². The Morgan fingerprint density at radius 3 is 2.60 bits per heavy atom. The highest BCUT2D eigenvalue weighted by Crippen LogP contribution is 2.29. The van der Waals surface area contributed by atoms with E-state index in [2.05, 4.69) is 26.2 Å². The van der Waals surface area contributed by atoms with Gasteiger partial charge in [0.1, 0.15) is 17.3 Å². The van der Waals surface area contributed by atoms with Crippen molar-refractivity contribution in [2.24, 2.45) is 0 Å². The molecular formula is C15H17BrN2O2. The lowest BCUT2D eigenvalue weighted by molar-refractivity contribution is 0.390. The van der Waals surface area contributed by atoms with Crippen LogP contribution in [0.25, 0.3) is 0 Å². The molecule has 0 unspecified atom stereocenters. The number of aromatic nitrogens is 1. The number of hydrogen-bond donors (Lipinski definition) is 1. The maximum Gasteiger partial charge on any atom is 0.127 e. The zero-order chi connectivity index (χ0) is 14.5. The predicted molar refractivity (Wildman–Crippen MR) is 83.5 cm³/mol. The third kappa shape index (κ3) is 3.42. The van der Waals surface area contributed by atoms with Crippen molar-refractivity contribution >= 4 is 21.7 Å². The highest BCUT2D eigenvalue weighted by molar-refractivity contribution is 9.10. The number of benzene rings is 1. The first-order valence-corrected chi connectivity index (χ1v) is 7.00. The van der Waals surface area contributed by atoms with Crippen molar-refractivity contribution in [3.8, 4) is 11.5 Å². The summed E-state index contributed by atoms with van der Waals surface area (Å²) in [7, 11) is 3.31. The molecular weight excluding hydrogens is 320 g/mol. The van der Waals surface area contributed by atoms with Crippen molar-refractivity contribution in [1.29, 1.82) is 0 Å². The van der Waals surface area contributed by atoms with E-state index in [1.807, 2.05) is 31.2 Å². The Labute approximate surface area is 127 Å². The fourth-order valence-electron chi connectivity index (χ4n) is 1.94. The number of nitrogens with zero attached hydrogens (tertiary/aromatic N) is 1. The first kappa shape index (κ1) is 14.7. The summed E-state index contributed by atoms with van der Waals surface area (Å²) >= 11 is 3.37. The molecule has 0 bridgehead atoms. The van der Waals surface area contributed by atoms with Crippen molar-refractivity contribution in [2.45, 2.75) is 13.5 Å². The molecule has 0 radical (unpaired) electrons. The number of rotatable bonds is 5. The molecule has 0 amide bonds. The van der Waals surface area contributed by atoms with Gasteiger partial charge in [-0.15, -0.1) is 0 Å². The Hall–Kier alpha value is -1.75. The van der Waals surface area contributed by atoms with E-state index in [-0.39, 0.29) is 0 Å². The number of nitrogens with one attached hydrogen (secondary N) is 1. The van der Waals surface area contributed by atoms with Gasteiger partial charge in [-0.25, -0.2) is 4.98 Å². The van der Waals surface area contributed by atoms with Gasteiger partial charge >= 0.3 is 0 Å². The van der Waals surface area contributed by atoms with Crippen LogP contribution in [0.1, 0.15) is 11.1 Å². The molecule has 0 aliphatic heterocycles. The largest absolute Gasteiger partial charge is 0.497 e. The Morgan fingerprint density at radius 2 is 2.00 bits per heavy atom. The molecule has 2 rings (SSSR count). The minimum atomic E-state index is 0.646. The van der Waals surface area contributed by atoms with Crippen molar-refractivity contribution in [1.82, 2.24) is 4.98 Å². The summed E-state index contributed by atoms with van der Waals surface area (Å²) in [6.45, 7) is 2.69. The third-order valence-electron chi connectivity index (χ3n) is 3.03. The van der Waals surface area contributed by atoms with E-state index in [9.17, 15) is 0 Å². The normalized spacial score (nSPS) is 10.2. The molecule has 0 fully saturated rings. The third-order valence-corrected chi connectivity index (χ3v) is 3.50. The average Bonchev–Trinajstić information content (AvgIpc) is 2.47. The Morgan fingerprint density at radius 1 is 1.20 bits per heavy atom. The van der Waals surface area contributed by atoms with Crippen molar-refractivity contribution in [2.75, 3.05) is 19.5 Å². The molecule has 0 aliphatic carbocycles. The molecule has 5 heteroatoms. The van der Waals surface area contributed by atoms with Gasteiger partial charge in [0.15, 0.2) is 0 Å². The summed E-state index contributed by atoms with van der Waals surface area (Å²) in [6, 6.07) is 7.76. The first-order chi connectivity index (χ1) is 9.63. The van der Waals surface area contributed by atoms with Crippen LogP contribution in [0.2, 0.25) is 0 Å². The van der Waals surface area contributed by atoms with E-state index in [0.717, 1.165) is 32.9 Å².